The Labute approximate surface area is 148 Å². The molecule has 3 amide bonds. The van der Waals surface area contributed by atoms with Gasteiger partial charge in [-0.1, -0.05) is 26.0 Å². The van der Waals surface area contributed by atoms with Gasteiger partial charge in [0.05, 0.1) is 11.3 Å². The molecule has 0 saturated carbocycles. The van der Waals surface area contributed by atoms with Crippen LogP contribution in [0.2, 0.25) is 0 Å². The number of carbonyl (C=O) groups is 3. The van der Waals surface area contributed by atoms with E-state index < -0.39 is 6.04 Å². The number of amides is 3. The molecule has 0 aromatic heterocycles. The van der Waals surface area contributed by atoms with Crippen molar-refractivity contribution in [1.29, 1.82) is 0 Å². The standard InChI is InChI=1S/C19H25N3O3/c1-12-9-13(2)11-22(10-12)17(23)8-7-16-19(25)20-15-6-4-3-5-14(15)18(24)21-16/h3-6,12-13,16H,7-11H2,1-2H3,(H,20,25)(H,21,24). The maximum Gasteiger partial charge on any atom is 0.254 e. The van der Waals surface area contributed by atoms with Gasteiger partial charge < -0.3 is 15.5 Å². The van der Waals surface area contributed by atoms with Crippen LogP contribution in [0.15, 0.2) is 24.3 Å². The molecule has 3 atom stereocenters. The molecule has 1 aromatic carbocycles. The molecule has 3 rings (SSSR count). The van der Waals surface area contributed by atoms with E-state index >= 15 is 0 Å². The first-order chi connectivity index (χ1) is 11.9. The van der Waals surface area contributed by atoms with Crippen molar-refractivity contribution in [1.82, 2.24) is 10.2 Å². The number of anilines is 1. The smallest absolute Gasteiger partial charge is 0.254 e. The summed E-state index contributed by atoms with van der Waals surface area (Å²) in [5.74, 6) is 0.506. The van der Waals surface area contributed by atoms with Crippen LogP contribution in [0, 0.1) is 11.8 Å². The number of hydrogen-bond donors (Lipinski definition) is 2. The van der Waals surface area contributed by atoms with Crippen molar-refractivity contribution in [3.63, 3.8) is 0 Å². The highest BCUT2D eigenvalue weighted by Crippen LogP contribution is 2.23. The second kappa shape index (κ2) is 7.25. The molecule has 1 saturated heterocycles. The molecule has 6 heteroatoms. The normalized spacial score (nSPS) is 26.3. The molecule has 2 N–H and O–H groups in total. The van der Waals surface area contributed by atoms with Gasteiger partial charge >= 0.3 is 0 Å². The minimum Gasteiger partial charge on any atom is -0.342 e. The van der Waals surface area contributed by atoms with Crippen molar-refractivity contribution in [2.45, 2.75) is 39.2 Å². The average Bonchev–Trinajstić information content (AvgIpc) is 2.68. The van der Waals surface area contributed by atoms with Gasteiger partial charge in [0.25, 0.3) is 5.91 Å². The molecule has 25 heavy (non-hydrogen) atoms. The number of nitrogens with one attached hydrogen (secondary N) is 2. The van der Waals surface area contributed by atoms with Crippen LogP contribution in [0.25, 0.3) is 0 Å². The molecule has 3 unspecified atom stereocenters. The van der Waals surface area contributed by atoms with Crippen LogP contribution < -0.4 is 10.6 Å². The van der Waals surface area contributed by atoms with E-state index in [1.807, 2.05) is 4.90 Å². The Kier molecular flexibility index (Phi) is 5.06. The van der Waals surface area contributed by atoms with E-state index in [-0.39, 0.29) is 24.1 Å². The predicted molar refractivity (Wildman–Crippen MR) is 95.1 cm³/mol. The maximum absolute atomic E-state index is 12.5. The highest BCUT2D eigenvalue weighted by molar-refractivity contribution is 6.09. The lowest BCUT2D eigenvalue weighted by Crippen LogP contribution is -2.45. The molecule has 2 aliphatic heterocycles. The maximum atomic E-state index is 12.5. The molecular formula is C19H25N3O3. The van der Waals surface area contributed by atoms with E-state index in [0.717, 1.165) is 19.5 Å². The van der Waals surface area contributed by atoms with E-state index in [2.05, 4.69) is 24.5 Å². The lowest BCUT2D eigenvalue weighted by Gasteiger charge is -2.35. The summed E-state index contributed by atoms with van der Waals surface area (Å²) >= 11 is 0. The third-order valence-electron chi connectivity index (χ3n) is 4.92. The lowest BCUT2D eigenvalue weighted by molar-refractivity contribution is -0.134. The largest absolute Gasteiger partial charge is 0.342 e. The molecule has 2 heterocycles. The van der Waals surface area contributed by atoms with Gasteiger partial charge in [0, 0.05) is 19.5 Å². The Hall–Kier alpha value is -2.37. The lowest BCUT2D eigenvalue weighted by atomic mass is 9.91. The molecule has 0 bridgehead atoms. The fourth-order valence-electron chi connectivity index (χ4n) is 3.81. The molecule has 1 aromatic rings. The first-order valence-corrected chi connectivity index (χ1v) is 8.92. The summed E-state index contributed by atoms with van der Waals surface area (Å²) in [4.78, 5) is 39.1. The van der Waals surface area contributed by atoms with Gasteiger partial charge in [-0.3, -0.25) is 14.4 Å². The van der Waals surface area contributed by atoms with E-state index in [0.29, 0.717) is 29.5 Å². The van der Waals surface area contributed by atoms with Gasteiger partial charge in [0.15, 0.2) is 0 Å². The zero-order chi connectivity index (χ0) is 18.0. The topological polar surface area (TPSA) is 78.5 Å². The number of likely N-dealkylation sites (tertiary alicyclic amines) is 1. The van der Waals surface area contributed by atoms with Gasteiger partial charge in [0.1, 0.15) is 6.04 Å². The molecule has 0 spiro atoms. The summed E-state index contributed by atoms with van der Waals surface area (Å²) in [5.41, 5.74) is 0.959. The number of piperidine rings is 1. The van der Waals surface area contributed by atoms with Crippen molar-refractivity contribution in [2.24, 2.45) is 11.8 Å². The summed E-state index contributed by atoms with van der Waals surface area (Å²) in [7, 11) is 0. The third-order valence-corrected chi connectivity index (χ3v) is 4.92. The molecule has 2 aliphatic rings. The SMILES string of the molecule is CC1CC(C)CN(C(=O)CCC2NC(=O)c3ccccc3NC2=O)C1. The van der Waals surface area contributed by atoms with Crippen LogP contribution in [0.3, 0.4) is 0 Å². The van der Waals surface area contributed by atoms with Crippen molar-refractivity contribution < 1.29 is 14.4 Å². The number of benzene rings is 1. The zero-order valence-electron chi connectivity index (χ0n) is 14.7. The zero-order valence-corrected chi connectivity index (χ0v) is 14.7. The Bertz CT molecular complexity index is 678. The molecule has 134 valence electrons. The molecular weight excluding hydrogens is 318 g/mol. The third kappa shape index (κ3) is 4.00. The van der Waals surface area contributed by atoms with E-state index in [9.17, 15) is 14.4 Å². The first kappa shape index (κ1) is 17.5. The van der Waals surface area contributed by atoms with Crippen molar-refractivity contribution >= 4 is 23.4 Å². The highest BCUT2D eigenvalue weighted by atomic mass is 16.2. The quantitative estimate of drug-likeness (QED) is 0.881. The number of para-hydroxylation sites is 1. The Balaban J connectivity index is 1.61. The molecule has 0 aliphatic carbocycles. The number of rotatable bonds is 3. The first-order valence-electron chi connectivity index (χ1n) is 8.92. The fourth-order valence-corrected chi connectivity index (χ4v) is 3.81. The van der Waals surface area contributed by atoms with Crippen LogP contribution in [-0.2, 0) is 9.59 Å². The molecule has 1 fully saturated rings. The summed E-state index contributed by atoms with van der Waals surface area (Å²) in [5, 5.41) is 5.51. The van der Waals surface area contributed by atoms with Crippen molar-refractivity contribution in [2.75, 3.05) is 18.4 Å². The minimum atomic E-state index is -0.691. The van der Waals surface area contributed by atoms with E-state index in [1.165, 1.54) is 0 Å². The summed E-state index contributed by atoms with van der Waals surface area (Å²) in [6.07, 6.45) is 1.71. The number of nitrogens with zero attached hydrogens (tertiary/aromatic N) is 1. The number of carbonyl (C=O) groups excluding carboxylic acids is 3. The Morgan fingerprint density at radius 1 is 1.16 bits per heavy atom. The van der Waals surface area contributed by atoms with Gasteiger partial charge in [-0.15, -0.1) is 0 Å². The van der Waals surface area contributed by atoms with Crippen LogP contribution in [0.5, 0.6) is 0 Å². The summed E-state index contributed by atoms with van der Waals surface area (Å²) < 4.78 is 0. The summed E-state index contributed by atoms with van der Waals surface area (Å²) in [6.45, 7) is 5.87. The second-order valence-electron chi connectivity index (χ2n) is 7.34. The average molecular weight is 343 g/mol. The predicted octanol–water partition coefficient (Wildman–Crippen LogP) is 2.02. The fraction of sp³-hybridized carbons (Fsp3) is 0.526. The molecule has 0 radical (unpaired) electrons. The molecule has 6 nitrogen and oxygen atoms in total. The van der Waals surface area contributed by atoms with Gasteiger partial charge in [-0.25, -0.2) is 0 Å². The van der Waals surface area contributed by atoms with Crippen LogP contribution in [0.1, 0.15) is 43.5 Å². The van der Waals surface area contributed by atoms with E-state index in [1.54, 1.807) is 24.3 Å². The van der Waals surface area contributed by atoms with Crippen molar-refractivity contribution in [3.8, 4) is 0 Å². The highest BCUT2D eigenvalue weighted by Gasteiger charge is 2.30. The number of fused-ring (bicyclic) bond motifs is 1. The number of hydrogen-bond acceptors (Lipinski definition) is 3. The summed E-state index contributed by atoms with van der Waals surface area (Å²) in [6, 6.07) is 6.22. The van der Waals surface area contributed by atoms with Crippen LogP contribution >= 0.6 is 0 Å². The Morgan fingerprint density at radius 3 is 2.56 bits per heavy atom. The second-order valence-corrected chi connectivity index (χ2v) is 7.34. The van der Waals surface area contributed by atoms with Crippen LogP contribution in [0.4, 0.5) is 5.69 Å². The Morgan fingerprint density at radius 2 is 1.84 bits per heavy atom. The van der Waals surface area contributed by atoms with Gasteiger partial charge in [-0.05, 0) is 36.8 Å². The van der Waals surface area contributed by atoms with Gasteiger partial charge in [-0.2, -0.15) is 0 Å². The van der Waals surface area contributed by atoms with Gasteiger partial charge in [0.2, 0.25) is 11.8 Å². The monoisotopic (exact) mass is 343 g/mol. The van der Waals surface area contributed by atoms with Crippen LogP contribution in [-0.4, -0.2) is 41.8 Å². The minimum absolute atomic E-state index is 0.0576. The van der Waals surface area contributed by atoms with Crippen molar-refractivity contribution in [3.05, 3.63) is 29.8 Å². The van der Waals surface area contributed by atoms with E-state index in [4.69, 9.17) is 0 Å².